The summed E-state index contributed by atoms with van der Waals surface area (Å²) in [5, 5.41) is 22.4. The van der Waals surface area contributed by atoms with E-state index in [1.807, 2.05) is 0 Å². The SMILES string of the molecule is CC(CO)CN1N=C(C(=O)O)CCC1=O. The standard InChI is InChI=1S/C9H14N2O4/c1-6(5-12)4-11-8(13)3-2-7(10-11)9(14)15/h6,12H,2-5H2,1H3,(H,14,15). The molecule has 0 bridgehead atoms. The third-order valence-electron chi connectivity index (χ3n) is 2.15. The predicted molar refractivity (Wildman–Crippen MR) is 52.3 cm³/mol. The van der Waals surface area contributed by atoms with Crippen molar-refractivity contribution < 1.29 is 19.8 Å². The Labute approximate surface area is 87.2 Å². The molecule has 1 heterocycles. The molecule has 0 radical (unpaired) electrons. The van der Waals surface area contributed by atoms with Crippen LogP contribution in [0.25, 0.3) is 0 Å². The Morgan fingerprint density at radius 2 is 2.27 bits per heavy atom. The van der Waals surface area contributed by atoms with Gasteiger partial charge in [0.15, 0.2) is 0 Å². The maximum absolute atomic E-state index is 11.4. The van der Waals surface area contributed by atoms with E-state index >= 15 is 0 Å². The molecule has 1 atom stereocenters. The number of carboxylic acid groups (broad SMARTS) is 1. The molecule has 0 saturated heterocycles. The predicted octanol–water partition coefficient (Wildman–Crippen LogP) is -0.322. The zero-order valence-electron chi connectivity index (χ0n) is 8.51. The lowest BCUT2D eigenvalue weighted by Crippen LogP contribution is -2.37. The van der Waals surface area contributed by atoms with E-state index in [1.165, 1.54) is 0 Å². The highest BCUT2D eigenvalue weighted by atomic mass is 16.4. The molecule has 1 unspecified atom stereocenters. The molecule has 0 aliphatic carbocycles. The molecule has 6 nitrogen and oxygen atoms in total. The van der Waals surface area contributed by atoms with Crippen molar-refractivity contribution in [2.24, 2.45) is 11.0 Å². The quantitative estimate of drug-likeness (QED) is 0.671. The molecule has 1 amide bonds. The number of hydrogen-bond acceptors (Lipinski definition) is 4. The topological polar surface area (TPSA) is 90.2 Å². The molecule has 0 aromatic heterocycles. The van der Waals surface area contributed by atoms with Crippen LogP contribution in [-0.2, 0) is 9.59 Å². The minimum Gasteiger partial charge on any atom is -0.477 e. The summed E-state index contributed by atoms with van der Waals surface area (Å²) in [6, 6.07) is 0. The van der Waals surface area contributed by atoms with E-state index in [9.17, 15) is 9.59 Å². The lowest BCUT2D eigenvalue weighted by molar-refractivity contribution is -0.133. The van der Waals surface area contributed by atoms with Crippen LogP contribution in [0.3, 0.4) is 0 Å². The fourth-order valence-corrected chi connectivity index (χ4v) is 1.25. The van der Waals surface area contributed by atoms with E-state index in [0.29, 0.717) is 0 Å². The molecule has 2 N–H and O–H groups in total. The molecule has 15 heavy (non-hydrogen) atoms. The first-order chi connectivity index (χ1) is 7.04. The molecule has 84 valence electrons. The minimum absolute atomic E-state index is 0.000241. The van der Waals surface area contributed by atoms with E-state index in [-0.39, 0.29) is 43.5 Å². The van der Waals surface area contributed by atoms with Gasteiger partial charge in [-0.3, -0.25) is 4.79 Å². The zero-order chi connectivity index (χ0) is 11.4. The van der Waals surface area contributed by atoms with Crippen molar-refractivity contribution in [3.05, 3.63) is 0 Å². The number of aliphatic hydroxyl groups excluding tert-OH is 1. The van der Waals surface area contributed by atoms with Crippen molar-refractivity contribution in [2.45, 2.75) is 19.8 Å². The Morgan fingerprint density at radius 3 is 2.80 bits per heavy atom. The number of hydrazone groups is 1. The summed E-state index contributed by atoms with van der Waals surface area (Å²) in [6.45, 7) is 1.96. The van der Waals surface area contributed by atoms with Gasteiger partial charge in [-0.25, -0.2) is 9.80 Å². The second-order valence-electron chi connectivity index (χ2n) is 3.62. The Kier molecular flexibility index (Phi) is 3.79. The van der Waals surface area contributed by atoms with Crippen LogP contribution >= 0.6 is 0 Å². The summed E-state index contributed by atoms with van der Waals surface area (Å²) in [6.07, 6.45) is 0.349. The van der Waals surface area contributed by atoms with Crippen molar-refractivity contribution in [1.82, 2.24) is 5.01 Å². The van der Waals surface area contributed by atoms with Gasteiger partial charge in [0, 0.05) is 26.0 Å². The van der Waals surface area contributed by atoms with E-state index in [2.05, 4.69) is 5.10 Å². The Bertz CT molecular complexity index is 300. The molecule has 1 aliphatic rings. The van der Waals surface area contributed by atoms with Crippen LogP contribution in [-0.4, -0.2) is 46.0 Å². The Balaban J connectivity index is 2.72. The summed E-state index contributed by atoms with van der Waals surface area (Å²) >= 11 is 0. The van der Waals surface area contributed by atoms with Crippen LogP contribution < -0.4 is 0 Å². The number of carbonyl (C=O) groups excluding carboxylic acids is 1. The highest BCUT2D eigenvalue weighted by Crippen LogP contribution is 2.11. The number of hydrogen-bond donors (Lipinski definition) is 2. The van der Waals surface area contributed by atoms with Crippen LogP contribution in [0.4, 0.5) is 0 Å². The average molecular weight is 214 g/mol. The number of carboxylic acids is 1. The highest BCUT2D eigenvalue weighted by Gasteiger charge is 2.24. The molecular weight excluding hydrogens is 200 g/mol. The Hall–Kier alpha value is -1.43. The summed E-state index contributed by atoms with van der Waals surface area (Å²) in [5.74, 6) is -1.39. The third-order valence-corrected chi connectivity index (χ3v) is 2.15. The molecule has 1 rings (SSSR count). The average Bonchev–Trinajstić information content (AvgIpc) is 2.20. The lowest BCUT2D eigenvalue weighted by atomic mass is 10.1. The molecule has 6 heteroatoms. The number of aliphatic hydroxyl groups is 1. The van der Waals surface area contributed by atoms with E-state index in [1.54, 1.807) is 6.92 Å². The van der Waals surface area contributed by atoms with Gasteiger partial charge in [-0.1, -0.05) is 6.92 Å². The van der Waals surface area contributed by atoms with Gasteiger partial charge in [0.1, 0.15) is 5.71 Å². The number of amides is 1. The molecule has 0 fully saturated rings. The first-order valence-corrected chi connectivity index (χ1v) is 4.76. The molecule has 0 aromatic carbocycles. The van der Waals surface area contributed by atoms with Crippen molar-refractivity contribution in [2.75, 3.05) is 13.2 Å². The van der Waals surface area contributed by atoms with Crippen LogP contribution in [0, 0.1) is 5.92 Å². The second-order valence-corrected chi connectivity index (χ2v) is 3.62. The summed E-state index contributed by atoms with van der Waals surface area (Å²) in [7, 11) is 0. The van der Waals surface area contributed by atoms with Gasteiger partial charge in [0.25, 0.3) is 0 Å². The fraction of sp³-hybridized carbons (Fsp3) is 0.667. The van der Waals surface area contributed by atoms with Crippen molar-refractivity contribution in [1.29, 1.82) is 0 Å². The third kappa shape index (κ3) is 3.02. The van der Waals surface area contributed by atoms with Crippen molar-refractivity contribution in [3.63, 3.8) is 0 Å². The number of rotatable bonds is 4. The molecule has 0 aromatic rings. The van der Waals surface area contributed by atoms with Gasteiger partial charge in [0.2, 0.25) is 5.91 Å². The number of aliphatic carboxylic acids is 1. The normalized spacial score (nSPS) is 18.7. The number of nitrogens with zero attached hydrogens (tertiary/aromatic N) is 2. The largest absolute Gasteiger partial charge is 0.477 e. The monoisotopic (exact) mass is 214 g/mol. The molecule has 0 saturated carbocycles. The summed E-state index contributed by atoms with van der Waals surface area (Å²) < 4.78 is 0. The van der Waals surface area contributed by atoms with Crippen LogP contribution in [0.2, 0.25) is 0 Å². The first-order valence-electron chi connectivity index (χ1n) is 4.76. The Morgan fingerprint density at radius 1 is 1.60 bits per heavy atom. The maximum atomic E-state index is 11.4. The minimum atomic E-state index is -1.09. The van der Waals surface area contributed by atoms with Gasteiger partial charge in [-0.15, -0.1) is 0 Å². The van der Waals surface area contributed by atoms with Gasteiger partial charge < -0.3 is 10.2 Å². The first kappa shape index (κ1) is 11.6. The van der Waals surface area contributed by atoms with E-state index in [0.717, 1.165) is 5.01 Å². The molecule has 0 spiro atoms. The number of carbonyl (C=O) groups is 2. The van der Waals surface area contributed by atoms with Crippen molar-refractivity contribution in [3.8, 4) is 0 Å². The van der Waals surface area contributed by atoms with Crippen LogP contribution in [0.1, 0.15) is 19.8 Å². The van der Waals surface area contributed by atoms with E-state index in [4.69, 9.17) is 10.2 Å². The van der Waals surface area contributed by atoms with E-state index < -0.39 is 5.97 Å². The molecule has 1 aliphatic heterocycles. The maximum Gasteiger partial charge on any atom is 0.352 e. The van der Waals surface area contributed by atoms with Crippen LogP contribution in [0.5, 0.6) is 0 Å². The summed E-state index contributed by atoms with van der Waals surface area (Å²) in [4.78, 5) is 22.0. The van der Waals surface area contributed by atoms with Gasteiger partial charge >= 0.3 is 5.97 Å². The fourth-order valence-electron chi connectivity index (χ4n) is 1.25. The smallest absolute Gasteiger partial charge is 0.352 e. The van der Waals surface area contributed by atoms with Crippen molar-refractivity contribution >= 4 is 17.6 Å². The summed E-state index contributed by atoms with van der Waals surface area (Å²) in [5.41, 5.74) is -0.000241. The second kappa shape index (κ2) is 4.88. The van der Waals surface area contributed by atoms with Gasteiger partial charge in [0.05, 0.1) is 0 Å². The zero-order valence-corrected chi connectivity index (χ0v) is 8.51. The highest BCUT2D eigenvalue weighted by molar-refractivity contribution is 6.36. The lowest BCUT2D eigenvalue weighted by Gasteiger charge is -2.24. The van der Waals surface area contributed by atoms with Gasteiger partial charge in [-0.2, -0.15) is 5.10 Å². The molecular formula is C9H14N2O4. The van der Waals surface area contributed by atoms with Crippen LogP contribution in [0.15, 0.2) is 5.10 Å². The van der Waals surface area contributed by atoms with Gasteiger partial charge in [-0.05, 0) is 5.92 Å².